The molecular formula is C37H49FeN3O4. The molecule has 1 saturated heterocycles. The molecule has 244 valence electrons. The van der Waals surface area contributed by atoms with Gasteiger partial charge in [0.2, 0.25) is 0 Å². The third kappa shape index (κ3) is 7.41. The number of carbonyl (C=O) groups is 1. The Bertz CT molecular complexity index is 1320. The summed E-state index contributed by atoms with van der Waals surface area (Å²) in [5.41, 5.74) is 9.20. The number of rotatable bonds is 8. The van der Waals surface area contributed by atoms with Crippen LogP contribution in [0.4, 0.5) is 0 Å². The van der Waals surface area contributed by atoms with Gasteiger partial charge >= 0.3 is 23.0 Å². The van der Waals surface area contributed by atoms with Crippen molar-refractivity contribution in [3.05, 3.63) is 105 Å². The molecule has 8 bridgehead atoms. The molecule has 5 rings (SSSR count). The Kier molecular flexibility index (Phi) is 11.8. The van der Waals surface area contributed by atoms with Crippen LogP contribution in [0.15, 0.2) is 82.3 Å². The summed E-state index contributed by atoms with van der Waals surface area (Å²) in [4.78, 5) is 11.6. The van der Waals surface area contributed by atoms with Gasteiger partial charge in [0, 0.05) is 6.42 Å². The summed E-state index contributed by atoms with van der Waals surface area (Å²) in [7, 11) is 0. The number of hydrogen-bond acceptors (Lipinski definition) is 3. The summed E-state index contributed by atoms with van der Waals surface area (Å²) in [5.74, 6) is -0.0800. The molecule has 0 aromatic heterocycles. The zero-order valence-corrected chi connectivity index (χ0v) is 28.2. The third-order valence-electron chi connectivity index (χ3n) is 10.8. The van der Waals surface area contributed by atoms with E-state index in [-0.39, 0.29) is 71.3 Å². The standard InChI is InChI=1S/C37H49N3O4.Fe/c1-7-26-20(3)24-10-9-11-25(26)17-31-21(4)27(8-2)33(38-31)18-32-23(6)29(13-15-37(43)44)35(40-32)19-34-28(12-14-36(41)42)22(5)30(16-24)39-34;/h7-8,11,16-17,21-22,24,28,31-32,34-36,41-42H,1-2,9-10,12-15,18-19H2,3-6H3,(H,43,44);/q-4;+4. The van der Waals surface area contributed by atoms with Gasteiger partial charge in [-0.3, -0.25) is 4.79 Å². The summed E-state index contributed by atoms with van der Waals surface area (Å²) < 4.78 is 0. The van der Waals surface area contributed by atoms with Crippen molar-refractivity contribution in [2.45, 2.75) is 110 Å². The molecule has 1 fully saturated rings. The van der Waals surface area contributed by atoms with Crippen LogP contribution in [0.3, 0.4) is 0 Å². The van der Waals surface area contributed by atoms with E-state index in [1.54, 1.807) is 0 Å². The van der Waals surface area contributed by atoms with Gasteiger partial charge < -0.3 is 31.3 Å². The van der Waals surface area contributed by atoms with E-state index in [1.807, 2.05) is 12.2 Å². The second kappa shape index (κ2) is 15.0. The van der Waals surface area contributed by atoms with Crippen LogP contribution in [0.25, 0.3) is 16.0 Å². The molecule has 8 unspecified atom stereocenters. The van der Waals surface area contributed by atoms with E-state index in [0.29, 0.717) is 32.1 Å². The molecule has 5 aliphatic rings. The van der Waals surface area contributed by atoms with Crippen LogP contribution in [0.2, 0.25) is 0 Å². The molecule has 4 aliphatic heterocycles. The summed E-state index contributed by atoms with van der Waals surface area (Å²) in [6.45, 7) is 17.1. The predicted molar refractivity (Wildman–Crippen MR) is 177 cm³/mol. The molecule has 0 radical (unpaired) electrons. The molecule has 0 saturated carbocycles. The Labute approximate surface area is 280 Å². The van der Waals surface area contributed by atoms with Gasteiger partial charge in [0.15, 0.2) is 6.29 Å². The van der Waals surface area contributed by atoms with Crippen LogP contribution in [0.5, 0.6) is 0 Å². The Morgan fingerprint density at radius 3 is 2.51 bits per heavy atom. The van der Waals surface area contributed by atoms with E-state index in [1.165, 1.54) is 16.7 Å². The second-order valence-electron chi connectivity index (χ2n) is 13.3. The first-order valence-electron chi connectivity index (χ1n) is 16.4. The Morgan fingerprint density at radius 2 is 1.84 bits per heavy atom. The van der Waals surface area contributed by atoms with E-state index < -0.39 is 12.3 Å². The Morgan fingerprint density at radius 1 is 1.09 bits per heavy atom. The minimum absolute atomic E-state index is 0. The smallest absolute Gasteiger partial charge is 0.691 e. The average molecular weight is 656 g/mol. The largest absolute Gasteiger partial charge is 4.00 e. The maximum absolute atomic E-state index is 11.6. The number of aliphatic hydroxyl groups is 2. The van der Waals surface area contributed by atoms with E-state index in [4.69, 9.17) is 16.0 Å². The summed E-state index contributed by atoms with van der Waals surface area (Å²) >= 11 is 0. The number of nitrogens with zero attached hydrogens (tertiary/aromatic N) is 3. The van der Waals surface area contributed by atoms with Crippen molar-refractivity contribution in [2.24, 2.45) is 23.7 Å². The van der Waals surface area contributed by atoms with E-state index in [0.717, 1.165) is 41.0 Å². The molecule has 0 aromatic rings. The second-order valence-corrected chi connectivity index (χ2v) is 13.3. The minimum atomic E-state index is -1.35. The average Bonchev–Trinajstić information content (AvgIpc) is 3.50. The zero-order valence-electron chi connectivity index (χ0n) is 27.1. The monoisotopic (exact) mass is 655 g/mol. The van der Waals surface area contributed by atoms with Gasteiger partial charge in [-0.05, 0) is 49.9 Å². The van der Waals surface area contributed by atoms with Gasteiger partial charge in [0.1, 0.15) is 0 Å². The number of carboxylic acids is 1. The molecule has 4 heterocycles. The van der Waals surface area contributed by atoms with Crippen molar-refractivity contribution in [1.82, 2.24) is 0 Å². The summed E-state index contributed by atoms with van der Waals surface area (Å²) in [6, 6.07) is -0.233. The van der Waals surface area contributed by atoms with E-state index >= 15 is 0 Å². The van der Waals surface area contributed by atoms with Gasteiger partial charge in [-0.25, -0.2) is 0 Å². The van der Waals surface area contributed by atoms with E-state index in [2.05, 4.69) is 59.4 Å². The van der Waals surface area contributed by atoms with Crippen molar-refractivity contribution in [3.63, 3.8) is 0 Å². The third-order valence-corrected chi connectivity index (χ3v) is 10.8. The first kappa shape index (κ1) is 35.4. The van der Waals surface area contributed by atoms with Gasteiger partial charge in [-0.2, -0.15) is 29.5 Å². The van der Waals surface area contributed by atoms with Crippen LogP contribution in [-0.4, -0.2) is 51.7 Å². The molecule has 0 spiro atoms. The van der Waals surface area contributed by atoms with Crippen molar-refractivity contribution < 1.29 is 37.2 Å². The maximum atomic E-state index is 11.6. The first-order valence-corrected chi connectivity index (χ1v) is 16.4. The van der Waals surface area contributed by atoms with Crippen LogP contribution in [0, 0.1) is 30.1 Å². The molecule has 0 aromatic carbocycles. The number of aliphatic hydroxyl groups excluding tert-OH is 1. The topological polar surface area (TPSA) is 120 Å². The van der Waals surface area contributed by atoms with Crippen molar-refractivity contribution >= 4 is 5.97 Å². The fourth-order valence-corrected chi connectivity index (χ4v) is 8.16. The Balaban J connectivity index is 0.00000461. The number of carboxylic acid groups (broad SMARTS) is 1. The summed E-state index contributed by atoms with van der Waals surface area (Å²) in [6.07, 6.45) is 14.3. The van der Waals surface area contributed by atoms with Crippen LogP contribution < -0.4 is 0 Å². The molecule has 45 heavy (non-hydrogen) atoms. The predicted octanol–water partition coefficient (Wildman–Crippen LogP) is 7.94. The number of fused-ring (bicyclic) bond motifs is 8. The molecule has 1 aliphatic carbocycles. The molecule has 3 N–H and O–H groups in total. The van der Waals surface area contributed by atoms with Crippen LogP contribution in [-0.2, 0) is 21.9 Å². The normalized spacial score (nSPS) is 33.0. The number of hydrogen-bond donors (Lipinski definition) is 3. The molecule has 8 atom stereocenters. The minimum Gasteiger partial charge on any atom is -0.691 e. The fourth-order valence-electron chi connectivity index (χ4n) is 8.16. The van der Waals surface area contributed by atoms with E-state index in [9.17, 15) is 20.1 Å². The number of allylic oxidation sites excluding steroid dienone is 7. The summed E-state index contributed by atoms with van der Waals surface area (Å²) in [5, 5.41) is 45.0. The Hall–Kier alpha value is -2.48. The quantitative estimate of drug-likeness (QED) is 0.106. The van der Waals surface area contributed by atoms with Crippen LogP contribution in [0.1, 0.15) is 79.1 Å². The zero-order chi connectivity index (χ0) is 31.7. The van der Waals surface area contributed by atoms with Crippen LogP contribution >= 0.6 is 0 Å². The molecule has 0 amide bonds. The van der Waals surface area contributed by atoms with Crippen molar-refractivity contribution in [2.75, 3.05) is 0 Å². The van der Waals surface area contributed by atoms with Crippen molar-refractivity contribution in [3.8, 4) is 0 Å². The first-order chi connectivity index (χ1) is 21.0. The molecular weight excluding hydrogens is 606 g/mol. The number of aliphatic carboxylic acids is 1. The SMILES string of the molecule is C=CC1=C(C)C2C=C3[N-]C(CC4[N-]C(CC5=C(C=C)C(C)C(C=C1[CH-]CC2)[N-]5)C(C)=C4CCC(=O)O)C(CCC(O)O)C3C.[Fe+4]. The molecule has 8 heteroatoms. The van der Waals surface area contributed by atoms with Gasteiger partial charge in [0.05, 0.1) is 0 Å². The van der Waals surface area contributed by atoms with Gasteiger partial charge in [-0.15, -0.1) is 48.0 Å². The molecule has 7 nitrogen and oxygen atoms in total. The van der Waals surface area contributed by atoms with Gasteiger partial charge in [0.25, 0.3) is 0 Å². The van der Waals surface area contributed by atoms with Gasteiger partial charge in [-0.1, -0.05) is 81.9 Å². The van der Waals surface area contributed by atoms with Crippen molar-refractivity contribution in [1.29, 1.82) is 0 Å². The fraction of sp³-hybridized carbons (Fsp3) is 0.568. The maximum Gasteiger partial charge on any atom is 4.00 e.